The lowest BCUT2D eigenvalue weighted by molar-refractivity contribution is 0.0858. The maximum atomic E-state index is 12.9. The van der Waals surface area contributed by atoms with E-state index in [1.807, 2.05) is 18.2 Å². The van der Waals surface area contributed by atoms with Gasteiger partial charge in [-0.2, -0.15) is 0 Å². The van der Waals surface area contributed by atoms with Gasteiger partial charge < -0.3 is 15.4 Å². The van der Waals surface area contributed by atoms with Crippen LogP contribution in [0.15, 0.2) is 30.3 Å². The van der Waals surface area contributed by atoms with Crippen LogP contribution < -0.4 is 10.6 Å². The van der Waals surface area contributed by atoms with Crippen LogP contribution in [0.2, 0.25) is 0 Å². The number of hydrogen-bond donors (Lipinski definition) is 2. The van der Waals surface area contributed by atoms with Gasteiger partial charge in [0.1, 0.15) is 0 Å². The highest BCUT2D eigenvalue weighted by Crippen LogP contribution is 2.34. The van der Waals surface area contributed by atoms with Gasteiger partial charge in [0, 0.05) is 18.0 Å². The lowest BCUT2D eigenvalue weighted by atomic mass is 9.87. The highest BCUT2D eigenvalue weighted by Gasteiger charge is 2.23. The second-order valence-electron chi connectivity index (χ2n) is 7.92. The fraction of sp³-hybridized carbons (Fsp3) is 0.478. The zero-order valence-corrected chi connectivity index (χ0v) is 17.6. The van der Waals surface area contributed by atoms with Gasteiger partial charge >= 0.3 is 0 Å². The molecule has 6 heteroatoms. The Labute approximate surface area is 175 Å². The van der Waals surface area contributed by atoms with E-state index in [0.29, 0.717) is 17.8 Å². The number of para-hydroxylation sites is 1. The largest absolute Gasteiger partial charge is 0.376 e. The number of nitrogens with one attached hydrogen (secondary N) is 2. The standard InChI is InChI=1S/C23H28N2O3S/c1-2-15-9-10-20-16(12-15)13-21(29-20)23(27)25-19-8-4-3-7-18(19)22(26)24-14-17-6-5-11-28-17/h3-4,7-8,13,15,17H,2,5-6,9-12,14H2,1H3,(H,24,26)(H,25,27)/t15-,17-/m1/s1. The minimum Gasteiger partial charge on any atom is -0.376 e. The van der Waals surface area contributed by atoms with E-state index in [0.717, 1.165) is 43.1 Å². The summed E-state index contributed by atoms with van der Waals surface area (Å²) in [5.41, 5.74) is 2.34. The molecule has 0 radical (unpaired) electrons. The van der Waals surface area contributed by atoms with E-state index in [-0.39, 0.29) is 17.9 Å². The van der Waals surface area contributed by atoms with Crippen molar-refractivity contribution in [2.75, 3.05) is 18.5 Å². The first-order valence-corrected chi connectivity index (χ1v) is 11.4. The average molecular weight is 413 g/mol. The number of hydrogen-bond acceptors (Lipinski definition) is 4. The van der Waals surface area contributed by atoms with Gasteiger partial charge in [-0.25, -0.2) is 0 Å². The van der Waals surface area contributed by atoms with Crippen molar-refractivity contribution in [3.63, 3.8) is 0 Å². The first kappa shape index (κ1) is 20.1. The summed E-state index contributed by atoms with van der Waals surface area (Å²) in [5.74, 6) is 0.394. The molecule has 1 saturated heterocycles. The summed E-state index contributed by atoms with van der Waals surface area (Å²) in [4.78, 5) is 27.6. The molecule has 2 N–H and O–H groups in total. The number of carbonyl (C=O) groups excluding carboxylic acids is 2. The van der Waals surface area contributed by atoms with E-state index >= 15 is 0 Å². The van der Waals surface area contributed by atoms with E-state index < -0.39 is 0 Å². The monoisotopic (exact) mass is 412 g/mol. The van der Waals surface area contributed by atoms with Gasteiger partial charge in [0.05, 0.1) is 22.2 Å². The molecule has 1 aliphatic carbocycles. The summed E-state index contributed by atoms with van der Waals surface area (Å²) in [7, 11) is 0. The minimum atomic E-state index is -0.187. The molecular weight excluding hydrogens is 384 g/mol. The molecule has 1 aromatic heterocycles. The van der Waals surface area contributed by atoms with Crippen molar-refractivity contribution in [1.82, 2.24) is 5.32 Å². The summed E-state index contributed by atoms with van der Waals surface area (Å²) in [6.07, 6.45) is 6.62. The van der Waals surface area contributed by atoms with E-state index in [1.165, 1.54) is 23.3 Å². The molecule has 1 fully saturated rings. The van der Waals surface area contributed by atoms with Gasteiger partial charge in [0.25, 0.3) is 11.8 Å². The Balaban J connectivity index is 1.43. The van der Waals surface area contributed by atoms with Crippen molar-refractivity contribution in [3.05, 3.63) is 51.2 Å². The van der Waals surface area contributed by atoms with Gasteiger partial charge in [-0.1, -0.05) is 25.5 Å². The van der Waals surface area contributed by atoms with Crippen LogP contribution in [0.3, 0.4) is 0 Å². The molecule has 2 atom stereocenters. The van der Waals surface area contributed by atoms with Crippen molar-refractivity contribution >= 4 is 28.8 Å². The predicted molar refractivity (Wildman–Crippen MR) is 116 cm³/mol. The fourth-order valence-corrected chi connectivity index (χ4v) is 5.24. The SMILES string of the molecule is CC[C@@H]1CCc2sc(C(=O)Nc3ccccc3C(=O)NC[C@H]3CCCO3)cc2C1. The Bertz CT molecular complexity index is 886. The molecule has 5 nitrogen and oxygen atoms in total. The third-order valence-corrected chi connectivity index (χ3v) is 7.16. The molecule has 1 aromatic carbocycles. The smallest absolute Gasteiger partial charge is 0.265 e. The van der Waals surface area contributed by atoms with E-state index in [9.17, 15) is 9.59 Å². The highest BCUT2D eigenvalue weighted by atomic mass is 32.1. The molecule has 2 amide bonds. The van der Waals surface area contributed by atoms with Crippen molar-refractivity contribution in [2.24, 2.45) is 5.92 Å². The fourth-order valence-electron chi connectivity index (χ4n) is 4.14. The molecule has 0 unspecified atom stereocenters. The number of thiophene rings is 1. The van der Waals surface area contributed by atoms with Gasteiger partial charge in [-0.3, -0.25) is 9.59 Å². The van der Waals surface area contributed by atoms with E-state index in [4.69, 9.17) is 4.74 Å². The molecule has 1 aliphatic heterocycles. The van der Waals surface area contributed by atoms with Crippen LogP contribution >= 0.6 is 11.3 Å². The van der Waals surface area contributed by atoms with Gasteiger partial charge in [0.15, 0.2) is 0 Å². The number of anilines is 1. The van der Waals surface area contributed by atoms with Crippen LogP contribution in [-0.2, 0) is 17.6 Å². The first-order chi connectivity index (χ1) is 14.1. The number of carbonyl (C=O) groups is 2. The van der Waals surface area contributed by atoms with Crippen molar-refractivity contribution in [3.8, 4) is 0 Å². The van der Waals surface area contributed by atoms with Crippen LogP contribution in [0.4, 0.5) is 5.69 Å². The molecule has 2 aliphatic rings. The number of amides is 2. The molecule has 29 heavy (non-hydrogen) atoms. The molecule has 2 aromatic rings. The number of aryl methyl sites for hydroxylation is 1. The quantitative estimate of drug-likeness (QED) is 0.738. The van der Waals surface area contributed by atoms with Crippen molar-refractivity contribution < 1.29 is 14.3 Å². The lowest BCUT2D eigenvalue weighted by Gasteiger charge is -2.19. The van der Waals surface area contributed by atoms with Crippen LogP contribution in [-0.4, -0.2) is 31.1 Å². The van der Waals surface area contributed by atoms with Gasteiger partial charge in [0.2, 0.25) is 0 Å². The van der Waals surface area contributed by atoms with Gasteiger partial charge in [-0.15, -0.1) is 11.3 Å². The maximum Gasteiger partial charge on any atom is 0.265 e. The summed E-state index contributed by atoms with van der Waals surface area (Å²) in [6, 6.07) is 9.20. The van der Waals surface area contributed by atoms with E-state index in [1.54, 1.807) is 23.5 Å². The normalized spacial score (nSPS) is 20.9. The maximum absolute atomic E-state index is 12.9. The zero-order valence-electron chi connectivity index (χ0n) is 16.8. The Hall–Kier alpha value is -2.18. The summed E-state index contributed by atoms with van der Waals surface area (Å²) < 4.78 is 5.56. The molecule has 0 spiro atoms. The average Bonchev–Trinajstić information content (AvgIpc) is 3.41. The Morgan fingerprint density at radius 3 is 2.86 bits per heavy atom. The first-order valence-electron chi connectivity index (χ1n) is 10.6. The minimum absolute atomic E-state index is 0.0880. The van der Waals surface area contributed by atoms with Crippen LogP contribution in [0.1, 0.15) is 63.1 Å². The predicted octanol–water partition coefficient (Wildman–Crippen LogP) is 4.42. The number of fused-ring (bicyclic) bond motifs is 1. The van der Waals surface area contributed by atoms with Crippen LogP contribution in [0, 0.1) is 5.92 Å². The molecule has 154 valence electrons. The topological polar surface area (TPSA) is 67.4 Å². The molecule has 0 saturated carbocycles. The summed E-state index contributed by atoms with van der Waals surface area (Å²) in [5, 5.41) is 5.88. The summed E-state index contributed by atoms with van der Waals surface area (Å²) >= 11 is 1.59. The molecular formula is C23H28N2O3S. The lowest BCUT2D eigenvalue weighted by Crippen LogP contribution is -2.32. The number of ether oxygens (including phenoxy) is 1. The molecule has 0 bridgehead atoms. The Kier molecular flexibility index (Phi) is 6.31. The Morgan fingerprint density at radius 1 is 1.21 bits per heavy atom. The second-order valence-corrected chi connectivity index (χ2v) is 9.06. The van der Waals surface area contributed by atoms with Gasteiger partial charge in [-0.05, 0) is 61.8 Å². The molecule has 2 heterocycles. The molecule has 4 rings (SSSR count). The number of benzene rings is 1. The second kappa shape index (κ2) is 9.09. The van der Waals surface area contributed by atoms with Crippen molar-refractivity contribution in [1.29, 1.82) is 0 Å². The van der Waals surface area contributed by atoms with E-state index in [2.05, 4.69) is 17.6 Å². The Morgan fingerprint density at radius 2 is 2.07 bits per heavy atom. The van der Waals surface area contributed by atoms with Crippen LogP contribution in [0.25, 0.3) is 0 Å². The third-order valence-electron chi connectivity index (χ3n) is 5.92. The van der Waals surface area contributed by atoms with Crippen LogP contribution in [0.5, 0.6) is 0 Å². The zero-order chi connectivity index (χ0) is 20.2. The number of rotatable bonds is 6. The summed E-state index contributed by atoms with van der Waals surface area (Å²) in [6.45, 7) is 3.49. The highest BCUT2D eigenvalue weighted by molar-refractivity contribution is 7.14. The third kappa shape index (κ3) is 4.70. The van der Waals surface area contributed by atoms with Crippen molar-refractivity contribution in [2.45, 2.75) is 51.6 Å².